The molecule has 2 N–H and O–H groups in total. The van der Waals surface area contributed by atoms with Crippen LogP contribution in [-0.4, -0.2) is 32.2 Å². The first-order chi connectivity index (χ1) is 10.2. The van der Waals surface area contributed by atoms with Crippen molar-refractivity contribution in [2.24, 2.45) is 0 Å². The lowest BCUT2D eigenvalue weighted by atomic mass is 10.2. The number of benzene rings is 1. The molecule has 1 aromatic carbocycles. The predicted molar refractivity (Wildman–Crippen MR) is 81.7 cm³/mol. The quantitative estimate of drug-likeness (QED) is 0.682. The molecule has 1 fully saturated rings. The number of methoxy groups -OCH3 is 1. The summed E-state index contributed by atoms with van der Waals surface area (Å²) in [5.74, 6) is 1.63. The first kappa shape index (κ1) is 15.6. The van der Waals surface area contributed by atoms with Crippen molar-refractivity contribution in [2.75, 3.05) is 20.3 Å². The molecule has 0 bridgehead atoms. The van der Waals surface area contributed by atoms with Gasteiger partial charge in [0.25, 0.3) is 0 Å². The Morgan fingerprint density at radius 2 is 2.14 bits per heavy atom. The van der Waals surface area contributed by atoms with E-state index in [0.29, 0.717) is 32.2 Å². The van der Waals surface area contributed by atoms with Crippen LogP contribution in [0, 0.1) is 0 Å². The minimum atomic E-state index is 0.134. The van der Waals surface area contributed by atoms with E-state index in [9.17, 15) is 4.79 Å². The highest BCUT2D eigenvalue weighted by Crippen LogP contribution is 2.27. The van der Waals surface area contributed by atoms with Crippen molar-refractivity contribution in [1.29, 1.82) is 0 Å². The molecule has 0 aromatic heterocycles. The van der Waals surface area contributed by atoms with Crippen LogP contribution in [0.4, 0.5) is 0 Å². The number of rotatable bonds is 9. The molecule has 5 heteroatoms. The summed E-state index contributed by atoms with van der Waals surface area (Å²) in [6, 6.07) is 6.31. The minimum Gasteiger partial charge on any atom is -0.493 e. The van der Waals surface area contributed by atoms with Gasteiger partial charge in [0.15, 0.2) is 11.5 Å². The van der Waals surface area contributed by atoms with Crippen LogP contribution < -0.4 is 20.1 Å². The number of hydrogen-bond acceptors (Lipinski definition) is 4. The molecular formula is C16H24N2O3. The second-order valence-electron chi connectivity index (χ2n) is 5.19. The highest BCUT2D eigenvalue weighted by atomic mass is 16.5. The van der Waals surface area contributed by atoms with Gasteiger partial charge in [-0.05, 0) is 37.5 Å². The van der Waals surface area contributed by atoms with E-state index in [2.05, 4.69) is 10.6 Å². The smallest absolute Gasteiger partial charge is 0.221 e. The maximum atomic E-state index is 11.5. The summed E-state index contributed by atoms with van der Waals surface area (Å²) in [5, 5.41) is 6.25. The zero-order valence-electron chi connectivity index (χ0n) is 12.8. The van der Waals surface area contributed by atoms with Crippen LogP contribution in [0.15, 0.2) is 18.2 Å². The van der Waals surface area contributed by atoms with Crippen LogP contribution in [0.1, 0.15) is 31.7 Å². The second kappa shape index (κ2) is 7.88. The molecule has 0 saturated heterocycles. The van der Waals surface area contributed by atoms with Gasteiger partial charge < -0.3 is 20.1 Å². The van der Waals surface area contributed by atoms with Crippen molar-refractivity contribution in [3.63, 3.8) is 0 Å². The second-order valence-corrected chi connectivity index (χ2v) is 5.19. The highest BCUT2D eigenvalue weighted by molar-refractivity contribution is 5.76. The molecular weight excluding hydrogens is 268 g/mol. The summed E-state index contributed by atoms with van der Waals surface area (Å²) in [5.41, 5.74) is 1.11. The summed E-state index contributed by atoms with van der Waals surface area (Å²) >= 11 is 0. The Hall–Kier alpha value is -1.75. The highest BCUT2D eigenvalue weighted by Gasteiger charge is 2.22. The van der Waals surface area contributed by atoms with Gasteiger partial charge in [0, 0.05) is 25.6 Å². The Kier molecular flexibility index (Phi) is 5.87. The fourth-order valence-electron chi connectivity index (χ4n) is 2.06. The lowest BCUT2D eigenvalue weighted by Crippen LogP contribution is -2.29. The number of nitrogens with one attached hydrogen (secondary N) is 2. The third-order valence-corrected chi connectivity index (χ3v) is 3.33. The van der Waals surface area contributed by atoms with Gasteiger partial charge in [-0.1, -0.05) is 6.07 Å². The summed E-state index contributed by atoms with van der Waals surface area (Å²) in [7, 11) is 1.63. The van der Waals surface area contributed by atoms with Crippen LogP contribution in [0.3, 0.4) is 0 Å². The molecule has 116 valence electrons. The summed E-state index contributed by atoms with van der Waals surface area (Å²) in [4.78, 5) is 11.5. The van der Waals surface area contributed by atoms with E-state index in [1.54, 1.807) is 7.11 Å². The lowest BCUT2D eigenvalue weighted by molar-refractivity contribution is -0.121. The third-order valence-electron chi connectivity index (χ3n) is 3.33. The molecule has 21 heavy (non-hydrogen) atoms. The van der Waals surface area contributed by atoms with Crippen molar-refractivity contribution in [1.82, 2.24) is 10.6 Å². The van der Waals surface area contributed by atoms with Crippen molar-refractivity contribution in [2.45, 2.75) is 38.8 Å². The summed E-state index contributed by atoms with van der Waals surface area (Å²) in [6.07, 6.45) is 2.78. The van der Waals surface area contributed by atoms with Crippen molar-refractivity contribution < 1.29 is 14.3 Å². The Labute approximate surface area is 126 Å². The maximum Gasteiger partial charge on any atom is 0.221 e. The Bertz CT molecular complexity index is 473. The Morgan fingerprint density at radius 1 is 1.33 bits per heavy atom. The molecule has 0 unspecified atom stereocenters. The molecule has 1 aliphatic carbocycles. The maximum absolute atomic E-state index is 11.5. The molecule has 1 amide bonds. The first-order valence-electron chi connectivity index (χ1n) is 7.52. The summed E-state index contributed by atoms with van der Waals surface area (Å²) in [6.45, 7) is 3.94. The van der Waals surface area contributed by atoms with Gasteiger partial charge in [0.2, 0.25) is 5.91 Å². The van der Waals surface area contributed by atoms with E-state index in [4.69, 9.17) is 9.47 Å². The molecule has 1 saturated carbocycles. The normalized spacial score (nSPS) is 13.8. The van der Waals surface area contributed by atoms with Gasteiger partial charge in [-0.15, -0.1) is 0 Å². The summed E-state index contributed by atoms with van der Waals surface area (Å²) < 4.78 is 10.8. The van der Waals surface area contributed by atoms with Crippen LogP contribution in [-0.2, 0) is 11.3 Å². The Balaban J connectivity index is 1.74. The van der Waals surface area contributed by atoms with Gasteiger partial charge in [0.05, 0.1) is 13.7 Å². The minimum absolute atomic E-state index is 0.134. The van der Waals surface area contributed by atoms with Gasteiger partial charge in [-0.2, -0.15) is 0 Å². The molecule has 0 radical (unpaired) electrons. The van der Waals surface area contributed by atoms with Crippen LogP contribution in [0.5, 0.6) is 11.5 Å². The standard InChI is InChI=1S/C16H24N2O3/c1-3-21-15-10-12(4-7-14(15)20-2)11-17-9-8-16(19)18-13-5-6-13/h4,7,10,13,17H,3,5-6,8-9,11H2,1-2H3,(H,18,19). The molecule has 0 heterocycles. The van der Waals surface area contributed by atoms with E-state index in [1.165, 1.54) is 0 Å². The average Bonchev–Trinajstić information content (AvgIpc) is 3.28. The van der Waals surface area contributed by atoms with E-state index in [-0.39, 0.29) is 5.91 Å². The average molecular weight is 292 g/mol. The van der Waals surface area contributed by atoms with Crippen molar-refractivity contribution in [3.05, 3.63) is 23.8 Å². The fraction of sp³-hybridized carbons (Fsp3) is 0.562. The van der Waals surface area contributed by atoms with Crippen LogP contribution in [0.2, 0.25) is 0 Å². The van der Waals surface area contributed by atoms with Gasteiger partial charge >= 0.3 is 0 Å². The zero-order chi connectivity index (χ0) is 15.1. The molecule has 5 nitrogen and oxygen atoms in total. The molecule has 1 aromatic rings. The number of carbonyl (C=O) groups excluding carboxylic acids is 1. The number of hydrogen-bond donors (Lipinski definition) is 2. The topological polar surface area (TPSA) is 59.6 Å². The number of ether oxygens (including phenoxy) is 2. The van der Waals surface area contributed by atoms with Gasteiger partial charge in [-0.3, -0.25) is 4.79 Å². The monoisotopic (exact) mass is 292 g/mol. The van der Waals surface area contributed by atoms with Gasteiger partial charge in [0.1, 0.15) is 0 Å². The van der Waals surface area contributed by atoms with E-state index < -0.39 is 0 Å². The largest absolute Gasteiger partial charge is 0.493 e. The molecule has 0 spiro atoms. The predicted octanol–water partition coefficient (Wildman–Crippen LogP) is 1.85. The van der Waals surface area contributed by atoms with E-state index >= 15 is 0 Å². The van der Waals surface area contributed by atoms with Crippen LogP contribution in [0.25, 0.3) is 0 Å². The molecule has 2 rings (SSSR count). The molecule has 0 aliphatic heterocycles. The first-order valence-corrected chi connectivity index (χ1v) is 7.52. The van der Waals surface area contributed by atoms with Crippen molar-refractivity contribution >= 4 is 5.91 Å². The molecule has 1 aliphatic rings. The zero-order valence-corrected chi connectivity index (χ0v) is 12.8. The lowest BCUT2D eigenvalue weighted by Gasteiger charge is -2.11. The number of amides is 1. The van der Waals surface area contributed by atoms with E-state index in [0.717, 1.165) is 29.9 Å². The SMILES string of the molecule is CCOc1cc(CNCCC(=O)NC2CC2)ccc1OC. The third kappa shape index (κ3) is 5.27. The molecule has 0 atom stereocenters. The van der Waals surface area contributed by atoms with Gasteiger partial charge in [-0.25, -0.2) is 0 Å². The fourth-order valence-corrected chi connectivity index (χ4v) is 2.06. The Morgan fingerprint density at radius 3 is 2.81 bits per heavy atom. The number of carbonyl (C=O) groups is 1. The van der Waals surface area contributed by atoms with Crippen LogP contribution >= 0.6 is 0 Å². The van der Waals surface area contributed by atoms with Crippen molar-refractivity contribution in [3.8, 4) is 11.5 Å². The van der Waals surface area contributed by atoms with E-state index in [1.807, 2.05) is 25.1 Å².